The second-order valence-electron chi connectivity index (χ2n) is 4.00. The molecular weight excluding hydrogens is 289 g/mol. The molecule has 1 aliphatic heterocycles. The Hall–Kier alpha value is -0.540. The van der Waals surface area contributed by atoms with Crippen LogP contribution in [-0.4, -0.2) is 22.2 Å². The maximum absolute atomic E-state index is 11.8. The molecule has 1 atom stereocenters. The van der Waals surface area contributed by atoms with E-state index in [1.807, 2.05) is 29.2 Å². The lowest BCUT2D eigenvalue weighted by Crippen LogP contribution is -2.41. The summed E-state index contributed by atoms with van der Waals surface area (Å²) in [6, 6.07) is 7.65. The van der Waals surface area contributed by atoms with Crippen LogP contribution in [0.25, 0.3) is 0 Å². The van der Waals surface area contributed by atoms with Gasteiger partial charge in [0.1, 0.15) is 0 Å². The Morgan fingerprint density at radius 3 is 2.75 bits per heavy atom. The van der Waals surface area contributed by atoms with Gasteiger partial charge in [-0.05, 0) is 30.5 Å². The van der Waals surface area contributed by atoms with Crippen LogP contribution in [0.1, 0.15) is 18.4 Å². The summed E-state index contributed by atoms with van der Waals surface area (Å²) in [6.45, 7) is 1.53. The first-order valence-electron chi connectivity index (χ1n) is 5.34. The van der Waals surface area contributed by atoms with Crippen molar-refractivity contribution in [2.24, 2.45) is 0 Å². The Bertz CT molecular complexity index is 379. The standard InChI is InChI=1S/C12H13BrClNO/c13-11-2-1-7-15(12(11)16)8-9-3-5-10(14)6-4-9/h3-6,11H,1-2,7-8H2. The highest BCUT2D eigenvalue weighted by Gasteiger charge is 2.26. The van der Waals surface area contributed by atoms with E-state index in [2.05, 4.69) is 15.9 Å². The third-order valence-corrected chi connectivity index (χ3v) is 3.85. The number of benzene rings is 1. The van der Waals surface area contributed by atoms with E-state index in [4.69, 9.17) is 11.6 Å². The summed E-state index contributed by atoms with van der Waals surface area (Å²) in [5.74, 6) is 0.196. The van der Waals surface area contributed by atoms with E-state index in [1.54, 1.807) is 0 Å². The van der Waals surface area contributed by atoms with E-state index in [1.165, 1.54) is 0 Å². The number of piperidine rings is 1. The van der Waals surface area contributed by atoms with Gasteiger partial charge in [-0.25, -0.2) is 0 Å². The number of nitrogens with zero attached hydrogens (tertiary/aromatic N) is 1. The maximum Gasteiger partial charge on any atom is 0.236 e. The first kappa shape index (κ1) is 11.9. The molecule has 0 spiro atoms. The van der Waals surface area contributed by atoms with E-state index in [9.17, 15) is 4.79 Å². The van der Waals surface area contributed by atoms with Gasteiger partial charge in [0.05, 0.1) is 4.83 Å². The topological polar surface area (TPSA) is 20.3 Å². The zero-order valence-corrected chi connectivity index (χ0v) is 11.2. The van der Waals surface area contributed by atoms with Crippen LogP contribution in [-0.2, 0) is 11.3 Å². The van der Waals surface area contributed by atoms with Crippen molar-refractivity contribution in [3.63, 3.8) is 0 Å². The average molecular weight is 303 g/mol. The lowest BCUT2D eigenvalue weighted by Gasteiger charge is -2.29. The lowest BCUT2D eigenvalue weighted by molar-refractivity contribution is -0.133. The Balaban J connectivity index is 2.03. The average Bonchev–Trinajstić information content (AvgIpc) is 2.28. The molecule has 0 N–H and O–H groups in total. The van der Waals surface area contributed by atoms with Crippen LogP contribution in [0.2, 0.25) is 5.02 Å². The minimum Gasteiger partial charge on any atom is -0.337 e. The van der Waals surface area contributed by atoms with Crippen molar-refractivity contribution in [3.05, 3.63) is 34.9 Å². The molecule has 1 aromatic carbocycles. The second-order valence-corrected chi connectivity index (χ2v) is 5.54. The van der Waals surface area contributed by atoms with Crippen molar-refractivity contribution < 1.29 is 4.79 Å². The molecule has 0 aliphatic carbocycles. The van der Waals surface area contributed by atoms with Crippen molar-refractivity contribution >= 4 is 33.4 Å². The van der Waals surface area contributed by atoms with Crippen LogP contribution < -0.4 is 0 Å². The summed E-state index contributed by atoms with van der Waals surface area (Å²) >= 11 is 9.22. The summed E-state index contributed by atoms with van der Waals surface area (Å²) in [5, 5.41) is 0.729. The van der Waals surface area contributed by atoms with Crippen LogP contribution in [0, 0.1) is 0 Å². The number of halogens is 2. The molecule has 16 heavy (non-hydrogen) atoms. The van der Waals surface area contributed by atoms with Gasteiger partial charge < -0.3 is 4.90 Å². The Kier molecular flexibility index (Phi) is 3.87. The fourth-order valence-corrected chi connectivity index (χ4v) is 2.60. The van der Waals surface area contributed by atoms with Gasteiger partial charge in [-0.15, -0.1) is 0 Å². The Labute approximate surface area is 109 Å². The van der Waals surface area contributed by atoms with Crippen LogP contribution >= 0.6 is 27.5 Å². The molecule has 0 saturated carbocycles. The molecule has 0 aromatic heterocycles. The summed E-state index contributed by atoms with van der Waals surface area (Å²) in [4.78, 5) is 13.7. The number of carbonyl (C=O) groups excluding carboxylic acids is 1. The van der Waals surface area contributed by atoms with Gasteiger partial charge in [0.25, 0.3) is 0 Å². The minimum absolute atomic E-state index is 0.00597. The monoisotopic (exact) mass is 301 g/mol. The number of hydrogen-bond acceptors (Lipinski definition) is 1. The number of carbonyl (C=O) groups is 1. The van der Waals surface area contributed by atoms with Gasteiger partial charge in [0.2, 0.25) is 5.91 Å². The largest absolute Gasteiger partial charge is 0.337 e. The summed E-state index contributed by atoms with van der Waals surface area (Å²) in [7, 11) is 0. The third kappa shape index (κ3) is 2.77. The molecule has 1 fully saturated rings. The van der Waals surface area contributed by atoms with Gasteiger partial charge in [-0.3, -0.25) is 4.79 Å². The molecule has 1 unspecified atom stereocenters. The zero-order chi connectivity index (χ0) is 11.5. The van der Waals surface area contributed by atoms with Gasteiger partial charge in [-0.2, -0.15) is 0 Å². The number of hydrogen-bond donors (Lipinski definition) is 0. The van der Waals surface area contributed by atoms with Crippen molar-refractivity contribution in [2.75, 3.05) is 6.54 Å². The number of rotatable bonds is 2. The highest BCUT2D eigenvalue weighted by Crippen LogP contribution is 2.20. The second kappa shape index (κ2) is 5.19. The third-order valence-electron chi connectivity index (χ3n) is 2.75. The van der Waals surface area contributed by atoms with Crippen molar-refractivity contribution in [1.82, 2.24) is 4.90 Å². The molecule has 0 radical (unpaired) electrons. The first-order valence-corrected chi connectivity index (χ1v) is 6.63. The van der Waals surface area contributed by atoms with Crippen LogP contribution in [0.15, 0.2) is 24.3 Å². The van der Waals surface area contributed by atoms with Crippen molar-refractivity contribution in [1.29, 1.82) is 0 Å². The molecule has 1 heterocycles. The lowest BCUT2D eigenvalue weighted by atomic mass is 10.1. The SMILES string of the molecule is O=C1C(Br)CCCN1Cc1ccc(Cl)cc1. The highest BCUT2D eigenvalue weighted by molar-refractivity contribution is 9.10. The fraction of sp³-hybridized carbons (Fsp3) is 0.417. The predicted molar refractivity (Wildman–Crippen MR) is 68.8 cm³/mol. The Morgan fingerprint density at radius 2 is 2.06 bits per heavy atom. The smallest absolute Gasteiger partial charge is 0.236 e. The van der Waals surface area contributed by atoms with E-state index in [-0.39, 0.29) is 10.7 Å². The van der Waals surface area contributed by atoms with Gasteiger partial charge in [0, 0.05) is 18.1 Å². The zero-order valence-electron chi connectivity index (χ0n) is 8.83. The van der Waals surface area contributed by atoms with Gasteiger partial charge >= 0.3 is 0 Å². The summed E-state index contributed by atoms with van der Waals surface area (Å²) in [6.07, 6.45) is 2.01. The molecule has 2 rings (SSSR count). The molecule has 2 nitrogen and oxygen atoms in total. The number of alkyl halides is 1. The molecule has 1 aliphatic rings. The Morgan fingerprint density at radius 1 is 1.38 bits per heavy atom. The number of amides is 1. The molecular formula is C12H13BrClNO. The minimum atomic E-state index is -0.00597. The van der Waals surface area contributed by atoms with E-state index < -0.39 is 0 Å². The summed E-state index contributed by atoms with van der Waals surface area (Å²) < 4.78 is 0. The summed E-state index contributed by atoms with van der Waals surface area (Å²) in [5.41, 5.74) is 1.12. The van der Waals surface area contributed by atoms with Crippen LogP contribution in [0.3, 0.4) is 0 Å². The van der Waals surface area contributed by atoms with Gasteiger partial charge in [0.15, 0.2) is 0 Å². The number of likely N-dealkylation sites (tertiary alicyclic amines) is 1. The normalized spacial score (nSPS) is 21.2. The highest BCUT2D eigenvalue weighted by atomic mass is 79.9. The molecule has 0 bridgehead atoms. The van der Waals surface area contributed by atoms with Crippen LogP contribution in [0.5, 0.6) is 0 Å². The van der Waals surface area contributed by atoms with Crippen LogP contribution in [0.4, 0.5) is 0 Å². The first-order chi connectivity index (χ1) is 7.66. The van der Waals surface area contributed by atoms with E-state index >= 15 is 0 Å². The molecule has 86 valence electrons. The molecule has 4 heteroatoms. The molecule has 1 saturated heterocycles. The fourth-order valence-electron chi connectivity index (χ4n) is 1.86. The van der Waals surface area contributed by atoms with Crippen molar-refractivity contribution in [3.8, 4) is 0 Å². The van der Waals surface area contributed by atoms with E-state index in [0.29, 0.717) is 6.54 Å². The van der Waals surface area contributed by atoms with E-state index in [0.717, 1.165) is 30.0 Å². The quantitative estimate of drug-likeness (QED) is 0.768. The molecule has 1 amide bonds. The van der Waals surface area contributed by atoms with Crippen molar-refractivity contribution in [2.45, 2.75) is 24.2 Å². The maximum atomic E-state index is 11.8. The molecule has 1 aromatic rings. The van der Waals surface area contributed by atoms with Gasteiger partial charge in [-0.1, -0.05) is 39.7 Å². The predicted octanol–water partition coefficient (Wildman–Crippen LogP) is 3.23.